The summed E-state index contributed by atoms with van der Waals surface area (Å²) >= 11 is 1.27. The van der Waals surface area contributed by atoms with Gasteiger partial charge in [0.15, 0.2) is 16.6 Å². The summed E-state index contributed by atoms with van der Waals surface area (Å²) in [4.78, 5) is 33.6. The molecule has 1 N–H and O–H groups in total. The Morgan fingerprint density at radius 2 is 1.89 bits per heavy atom. The smallest absolute Gasteiger partial charge is 0.301 e. The van der Waals surface area contributed by atoms with E-state index in [4.69, 9.17) is 23.9 Å². The summed E-state index contributed by atoms with van der Waals surface area (Å²) < 4.78 is 23.7. The second kappa shape index (κ2) is 11.8. The van der Waals surface area contributed by atoms with Gasteiger partial charge >= 0.3 is 5.91 Å². The van der Waals surface area contributed by atoms with Crippen molar-refractivity contribution in [3.8, 4) is 23.0 Å². The van der Waals surface area contributed by atoms with Crippen molar-refractivity contribution in [1.82, 2.24) is 4.98 Å². The van der Waals surface area contributed by atoms with Crippen molar-refractivity contribution in [3.63, 3.8) is 0 Å². The number of hydrogen-bond donors (Lipinski definition) is 1. The molecule has 1 aromatic heterocycles. The van der Waals surface area contributed by atoms with Crippen molar-refractivity contribution in [2.24, 2.45) is 5.92 Å². The predicted octanol–water partition coefficient (Wildman–Crippen LogP) is 6.69. The molecule has 0 bridgehead atoms. The molecule has 44 heavy (non-hydrogen) atoms. The number of ketones is 1. The van der Waals surface area contributed by atoms with Gasteiger partial charge < -0.3 is 24.1 Å². The van der Waals surface area contributed by atoms with Crippen LogP contribution in [0.4, 0.5) is 5.13 Å². The van der Waals surface area contributed by atoms with Crippen LogP contribution in [0.5, 0.6) is 23.0 Å². The number of aliphatic hydroxyl groups is 1. The van der Waals surface area contributed by atoms with Crippen molar-refractivity contribution in [3.05, 3.63) is 76.9 Å². The highest BCUT2D eigenvalue weighted by Gasteiger charge is 2.48. The van der Waals surface area contributed by atoms with Gasteiger partial charge in [0.05, 0.1) is 42.7 Å². The van der Waals surface area contributed by atoms with Gasteiger partial charge in [0.25, 0.3) is 5.78 Å². The molecule has 0 saturated carbocycles. The quantitative estimate of drug-likeness (QED) is 0.126. The molecule has 10 heteroatoms. The van der Waals surface area contributed by atoms with Gasteiger partial charge in [-0.2, -0.15) is 0 Å². The van der Waals surface area contributed by atoms with Crippen LogP contribution >= 0.6 is 11.3 Å². The lowest BCUT2D eigenvalue weighted by molar-refractivity contribution is -0.132. The maximum absolute atomic E-state index is 13.8. The largest absolute Gasteiger partial charge is 0.507 e. The highest BCUT2D eigenvalue weighted by molar-refractivity contribution is 7.22. The van der Waals surface area contributed by atoms with E-state index in [0.717, 1.165) is 22.4 Å². The topological polar surface area (TPSA) is 107 Å². The number of ether oxygens (including phenoxy) is 4. The summed E-state index contributed by atoms with van der Waals surface area (Å²) in [6, 6.07) is 15.1. The number of aliphatic hydroxyl groups excluding tert-OH is 1. The fraction of sp³-hybridized carbons (Fsp3) is 0.324. The number of benzene rings is 3. The number of amides is 1. The SMILES string of the molecule is COc1ccc2nc(N3C(=O)C(=O)/C(=C(/O)c4ccc5c(c4)C[C@@H](C)O5)[C@@H]3c3ccc(OCCC(C)C)c(OC)c3)sc2c1. The van der Waals surface area contributed by atoms with Crippen LogP contribution in [0.1, 0.15) is 49.9 Å². The Hall–Kier alpha value is -4.57. The van der Waals surface area contributed by atoms with Gasteiger partial charge in [0, 0.05) is 12.0 Å². The number of carbonyl (C=O) groups is 2. The van der Waals surface area contributed by atoms with E-state index in [9.17, 15) is 14.7 Å². The Morgan fingerprint density at radius 3 is 2.64 bits per heavy atom. The molecule has 0 radical (unpaired) electrons. The van der Waals surface area contributed by atoms with E-state index in [2.05, 4.69) is 13.8 Å². The molecular weight excluding hydrogens is 580 g/mol. The molecule has 3 aromatic carbocycles. The molecule has 1 saturated heterocycles. The summed E-state index contributed by atoms with van der Waals surface area (Å²) in [6.45, 7) is 6.74. The van der Waals surface area contributed by atoms with Crippen LogP contribution in [0.15, 0.2) is 60.2 Å². The Bertz CT molecular complexity index is 1790. The lowest BCUT2D eigenvalue weighted by Crippen LogP contribution is -2.29. The molecule has 2 atom stereocenters. The van der Waals surface area contributed by atoms with Crippen LogP contribution in [0, 0.1) is 5.92 Å². The highest BCUT2D eigenvalue weighted by Crippen LogP contribution is 2.46. The zero-order valence-electron chi connectivity index (χ0n) is 25.2. The predicted molar refractivity (Wildman–Crippen MR) is 169 cm³/mol. The number of hydrogen-bond acceptors (Lipinski definition) is 9. The first-order valence-electron chi connectivity index (χ1n) is 14.5. The standard InChI is InChI=1S/C34H34N2O7S/c1-18(2)12-13-42-26-11-6-20(16-27(26)41-5)30-29(31(37)21-7-10-25-22(15-21)14-19(3)43-25)32(38)33(39)36(30)34-35-24-9-8-23(40-4)17-28(24)44-34/h6-11,15-19,30,37H,12-14H2,1-5H3/b31-29+/t19-,30+/m1/s1. The summed E-state index contributed by atoms with van der Waals surface area (Å²) in [5.74, 6) is 1.03. The van der Waals surface area contributed by atoms with Gasteiger partial charge in [0.1, 0.15) is 23.4 Å². The molecular formula is C34H34N2O7S. The minimum absolute atomic E-state index is 0.0133. The normalized spacial score (nSPS) is 19.0. The summed E-state index contributed by atoms with van der Waals surface area (Å²) in [5, 5.41) is 12.0. The fourth-order valence-electron chi connectivity index (χ4n) is 5.57. The van der Waals surface area contributed by atoms with E-state index in [1.807, 2.05) is 19.1 Å². The van der Waals surface area contributed by atoms with Crippen LogP contribution in [0.25, 0.3) is 16.0 Å². The van der Waals surface area contributed by atoms with Gasteiger partial charge in [-0.25, -0.2) is 4.98 Å². The highest BCUT2D eigenvalue weighted by atomic mass is 32.1. The number of methoxy groups -OCH3 is 2. The van der Waals surface area contributed by atoms with Crippen molar-refractivity contribution in [2.45, 2.75) is 45.8 Å². The number of carbonyl (C=O) groups excluding carboxylic acids is 2. The Labute approximate surface area is 259 Å². The van der Waals surface area contributed by atoms with Gasteiger partial charge in [-0.1, -0.05) is 31.3 Å². The van der Waals surface area contributed by atoms with Crippen LogP contribution in [0.2, 0.25) is 0 Å². The molecule has 3 heterocycles. The number of rotatable bonds is 9. The molecule has 0 spiro atoms. The lowest BCUT2D eigenvalue weighted by atomic mass is 9.94. The molecule has 0 unspecified atom stereocenters. The van der Waals surface area contributed by atoms with Gasteiger partial charge in [0.2, 0.25) is 0 Å². The first-order chi connectivity index (χ1) is 21.2. The molecule has 1 fully saturated rings. The molecule has 2 aliphatic heterocycles. The second-order valence-corrected chi connectivity index (χ2v) is 12.4. The number of fused-ring (bicyclic) bond motifs is 2. The van der Waals surface area contributed by atoms with Crippen LogP contribution in [0.3, 0.4) is 0 Å². The monoisotopic (exact) mass is 614 g/mol. The molecule has 0 aliphatic carbocycles. The van der Waals surface area contributed by atoms with Crippen molar-refractivity contribution < 1.29 is 33.6 Å². The molecule has 2 aliphatic rings. The number of Topliss-reactive ketones (excluding diaryl/α,β-unsaturated/α-hetero) is 1. The lowest BCUT2D eigenvalue weighted by Gasteiger charge is -2.24. The third-order valence-corrected chi connectivity index (χ3v) is 8.88. The van der Waals surface area contributed by atoms with Crippen LogP contribution < -0.4 is 23.8 Å². The second-order valence-electron chi connectivity index (χ2n) is 11.4. The average molecular weight is 615 g/mol. The minimum atomic E-state index is -0.973. The number of nitrogens with zero attached hydrogens (tertiary/aromatic N) is 2. The zero-order chi connectivity index (χ0) is 31.1. The van der Waals surface area contributed by atoms with Crippen molar-refractivity contribution in [1.29, 1.82) is 0 Å². The van der Waals surface area contributed by atoms with Crippen molar-refractivity contribution in [2.75, 3.05) is 25.7 Å². The summed E-state index contributed by atoms with van der Waals surface area (Å²) in [6.07, 6.45) is 1.57. The summed E-state index contributed by atoms with van der Waals surface area (Å²) in [5.41, 5.74) is 2.55. The maximum atomic E-state index is 13.8. The Balaban J connectivity index is 1.49. The van der Waals surface area contributed by atoms with Gasteiger partial charge in [-0.15, -0.1) is 0 Å². The van der Waals surface area contributed by atoms with E-state index in [1.165, 1.54) is 16.2 Å². The Kier molecular flexibility index (Phi) is 7.94. The fourth-order valence-corrected chi connectivity index (χ4v) is 6.59. The first kappa shape index (κ1) is 29.5. The number of thiazole rings is 1. The molecule has 9 nitrogen and oxygen atoms in total. The molecule has 6 rings (SSSR count). The minimum Gasteiger partial charge on any atom is -0.507 e. The van der Waals surface area contributed by atoms with Crippen LogP contribution in [-0.2, 0) is 16.0 Å². The van der Waals surface area contributed by atoms with Gasteiger partial charge in [-0.3, -0.25) is 14.5 Å². The zero-order valence-corrected chi connectivity index (χ0v) is 26.1. The molecule has 228 valence electrons. The van der Waals surface area contributed by atoms with E-state index < -0.39 is 17.7 Å². The third kappa shape index (κ3) is 5.34. The molecule has 1 amide bonds. The maximum Gasteiger partial charge on any atom is 0.301 e. The first-order valence-corrected chi connectivity index (χ1v) is 15.4. The van der Waals surface area contributed by atoms with E-state index in [-0.39, 0.29) is 17.4 Å². The van der Waals surface area contributed by atoms with E-state index >= 15 is 0 Å². The summed E-state index contributed by atoms with van der Waals surface area (Å²) in [7, 11) is 3.12. The van der Waals surface area contributed by atoms with Crippen molar-refractivity contribution >= 4 is 44.1 Å². The van der Waals surface area contributed by atoms with Crippen LogP contribution in [-0.4, -0.2) is 48.7 Å². The Morgan fingerprint density at radius 1 is 1.07 bits per heavy atom. The van der Waals surface area contributed by atoms with E-state index in [1.54, 1.807) is 56.7 Å². The third-order valence-electron chi connectivity index (χ3n) is 7.86. The van der Waals surface area contributed by atoms with E-state index in [0.29, 0.717) is 58.0 Å². The molecule has 4 aromatic rings. The average Bonchev–Trinajstić information content (AvgIpc) is 3.68. The number of aromatic nitrogens is 1. The number of anilines is 1. The van der Waals surface area contributed by atoms with Gasteiger partial charge in [-0.05, 0) is 78.9 Å².